The molecule has 0 aliphatic carbocycles. The molecule has 107 heavy (non-hydrogen) atoms. The van der Waals surface area contributed by atoms with Gasteiger partial charge in [0.2, 0.25) is 0 Å². The van der Waals surface area contributed by atoms with Crippen molar-refractivity contribution in [3.63, 3.8) is 0 Å². The molecule has 0 fully saturated rings. The zero-order valence-electron chi connectivity index (χ0n) is 70.8. The van der Waals surface area contributed by atoms with Gasteiger partial charge in [0, 0.05) is 25.7 Å². The number of carbonyl (C=O) groups excluding carboxylic acids is 4. The number of carbonyl (C=O) groups is 4. The van der Waals surface area contributed by atoms with E-state index >= 15 is 0 Å². The van der Waals surface area contributed by atoms with Crippen molar-refractivity contribution < 1.29 is 80.2 Å². The number of aliphatic hydroxyl groups excluding tert-OH is 1. The van der Waals surface area contributed by atoms with Crippen LogP contribution in [0.3, 0.4) is 0 Å². The third-order valence-electron chi connectivity index (χ3n) is 20.9. The molecular weight excluding hydrogens is 1390 g/mol. The number of phosphoric acid groups is 2. The maximum Gasteiger partial charge on any atom is 0.472 e. The summed E-state index contributed by atoms with van der Waals surface area (Å²) in [6.07, 6.45) is 66.7. The maximum absolute atomic E-state index is 13.2. The Morgan fingerprint density at radius 2 is 0.449 bits per heavy atom. The summed E-state index contributed by atoms with van der Waals surface area (Å²) < 4.78 is 68.9. The van der Waals surface area contributed by atoms with Crippen LogP contribution in [0.2, 0.25) is 0 Å². The van der Waals surface area contributed by atoms with E-state index in [-0.39, 0.29) is 25.7 Å². The summed E-state index contributed by atoms with van der Waals surface area (Å²) in [7, 11) is -9.93. The monoisotopic (exact) mass is 1560 g/mol. The van der Waals surface area contributed by atoms with Crippen molar-refractivity contribution in [1.29, 1.82) is 0 Å². The van der Waals surface area contributed by atoms with E-state index in [2.05, 4.69) is 55.4 Å². The van der Waals surface area contributed by atoms with Crippen molar-refractivity contribution in [3.8, 4) is 0 Å². The van der Waals surface area contributed by atoms with Crippen LogP contribution in [0.25, 0.3) is 0 Å². The van der Waals surface area contributed by atoms with Gasteiger partial charge in [-0.05, 0) is 49.4 Å². The van der Waals surface area contributed by atoms with Crippen molar-refractivity contribution in [2.24, 2.45) is 23.7 Å². The number of rotatable bonds is 85. The summed E-state index contributed by atoms with van der Waals surface area (Å²) in [4.78, 5) is 73.3. The summed E-state index contributed by atoms with van der Waals surface area (Å²) in [5.74, 6) is 1.07. The summed E-state index contributed by atoms with van der Waals surface area (Å²) in [5.41, 5.74) is 0. The molecule has 636 valence electrons. The predicted molar refractivity (Wildman–Crippen MR) is 441 cm³/mol. The van der Waals surface area contributed by atoms with Crippen molar-refractivity contribution in [2.75, 3.05) is 39.6 Å². The Morgan fingerprint density at radius 1 is 0.262 bits per heavy atom. The number of unbranched alkanes of at least 4 members (excludes halogenated alkanes) is 50. The van der Waals surface area contributed by atoms with Gasteiger partial charge in [-0.1, -0.05) is 409 Å². The van der Waals surface area contributed by atoms with E-state index in [4.69, 9.17) is 37.0 Å². The second-order valence-corrected chi connectivity index (χ2v) is 36.2. The number of hydrogen-bond acceptors (Lipinski definition) is 15. The minimum atomic E-state index is -4.97. The quantitative estimate of drug-likeness (QED) is 0.0222. The molecule has 19 heteroatoms. The van der Waals surface area contributed by atoms with E-state index in [0.717, 1.165) is 114 Å². The smallest absolute Gasteiger partial charge is 0.462 e. The first kappa shape index (κ1) is 105. The number of esters is 4. The van der Waals surface area contributed by atoms with E-state index < -0.39 is 97.5 Å². The largest absolute Gasteiger partial charge is 0.472 e. The van der Waals surface area contributed by atoms with E-state index in [0.29, 0.717) is 31.6 Å². The Balaban J connectivity index is 5.21. The molecule has 3 N–H and O–H groups in total. The third kappa shape index (κ3) is 80.5. The van der Waals surface area contributed by atoms with Crippen LogP contribution in [0.4, 0.5) is 0 Å². The summed E-state index contributed by atoms with van der Waals surface area (Å²) >= 11 is 0. The molecule has 0 bridgehead atoms. The minimum Gasteiger partial charge on any atom is -0.462 e. The van der Waals surface area contributed by atoms with Gasteiger partial charge < -0.3 is 33.8 Å². The average Bonchev–Trinajstić information content (AvgIpc) is 0.914. The lowest BCUT2D eigenvalue weighted by Crippen LogP contribution is -2.30. The topological polar surface area (TPSA) is 237 Å². The average molecular weight is 1560 g/mol. The second kappa shape index (κ2) is 76.7. The molecule has 0 saturated heterocycles. The summed E-state index contributed by atoms with van der Waals surface area (Å²) in [6.45, 7) is 14.4. The van der Waals surface area contributed by atoms with Gasteiger partial charge in [-0.2, -0.15) is 0 Å². The van der Waals surface area contributed by atoms with Gasteiger partial charge in [0.15, 0.2) is 12.2 Å². The van der Waals surface area contributed by atoms with Gasteiger partial charge in [-0.3, -0.25) is 37.3 Å². The number of ether oxygens (including phenoxy) is 4. The molecule has 0 heterocycles. The van der Waals surface area contributed by atoms with E-state index in [9.17, 15) is 43.2 Å². The lowest BCUT2D eigenvalue weighted by molar-refractivity contribution is -0.161. The molecule has 0 aliphatic heterocycles. The van der Waals surface area contributed by atoms with Gasteiger partial charge in [-0.25, -0.2) is 9.13 Å². The van der Waals surface area contributed by atoms with Crippen molar-refractivity contribution in [3.05, 3.63) is 0 Å². The number of hydrogen-bond donors (Lipinski definition) is 3. The zero-order valence-corrected chi connectivity index (χ0v) is 72.6. The van der Waals surface area contributed by atoms with E-state index in [1.807, 2.05) is 0 Å². The first-order valence-corrected chi connectivity index (χ1v) is 48.2. The molecule has 0 aromatic heterocycles. The molecule has 0 amide bonds. The summed E-state index contributed by atoms with van der Waals surface area (Å²) in [5, 5.41) is 10.7. The second-order valence-electron chi connectivity index (χ2n) is 33.3. The van der Waals surface area contributed by atoms with Gasteiger partial charge in [0.25, 0.3) is 0 Å². The first-order chi connectivity index (χ1) is 51.6. The lowest BCUT2D eigenvalue weighted by Gasteiger charge is -2.21. The molecule has 4 unspecified atom stereocenters. The van der Waals surface area contributed by atoms with Crippen molar-refractivity contribution in [1.82, 2.24) is 0 Å². The van der Waals surface area contributed by atoms with Crippen LogP contribution in [0.5, 0.6) is 0 Å². The molecule has 0 rings (SSSR count). The van der Waals surface area contributed by atoms with E-state index in [1.165, 1.54) is 257 Å². The fraction of sp³-hybridized carbons (Fsp3) is 0.955. The Morgan fingerprint density at radius 3 is 0.664 bits per heavy atom. The third-order valence-corrected chi connectivity index (χ3v) is 22.8. The van der Waals surface area contributed by atoms with Gasteiger partial charge in [0.05, 0.1) is 26.4 Å². The van der Waals surface area contributed by atoms with E-state index in [1.54, 1.807) is 0 Å². The Hall–Kier alpha value is -1.94. The van der Waals surface area contributed by atoms with Crippen molar-refractivity contribution in [2.45, 2.75) is 478 Å². The van der Waals surface area contributed by atoms with Crippen LogP contribution in [0, 0.1) is 23.7 Å². The molecule has 0 saturated carbocycles. The van der Waals surface area contributed by atoms with Crippen LogP contribution in [-0.2, 0) is 65.4 Å². The number of aliphatic hydroxyl groups is 1. The molecule has 17 nitrogen and oxygen atoms in total. The van der Waals surface area contributed by atoms with Crippen LogP contribution < -0.4 is 0 Å². The highest BCUT2D eigenvalue weighted by molar-refractivity contribution is 7.47. The first-order valence-electron chi connectivity index (χ1n) is 45.2. The Kier molecular flexibility index (Phi) is 75.3. The van der Waals surface area contributed by atoms with Gasteiger partial charge >= 0.3 is 39.5 Å². The molecule has 0 spiro atoms. The van der Waals surface area contributed by atoms with Crippen LogP contribution in [0.1, 0.15) is 460 Å². The molecule has 0 aromatic rings. The molecule has 0 aliphatic rings. The van der Waals surface area contributed by atoms with Crippen LogP contribution >= 0.6 is 15.6 Å². The normalized spacial score (nSPS) is 14.1. The SMILES string of the molecule is CCC(C)CCCCCCCCCCCCCCCCCCCCC(=O)OC[C@H](COP(=O)(O)OCC(O)COP(=O)(O)OC[C@@H](COC(=O)CCCCCCCCCC(C)C)OC(=O)CCCCCCCCCCCCCCCCCC(C)C)OC(=O)CCCCCCCCCCCCCCCCC(C)C. The van der Waals surface area contributed by atoms with Crippen molar-refractivity contribution >= 4 is 39.5 Å². The van der Waals surface area contributed by atoms with Crippen LogP contribution in [-0.4, -0.2) is 96.7 Å². The highest BCUT2D eigenvalue weighted by Crippen LogP contribution is 2.45. The minimum absolute atomic E-state index is 0.107. The van der Waals surface area contributed by atoms with Gasteiger partial charge in [-0.15, -0.1) is 0 Å². The highest BCUT2D eigenvalue weighted by atomic mass is 31.2. The Labute approximate surface area is 658 Å². The molecule has 0 radical (unpaired) electrons. The maximum atomic E-state index is 13.2. The summed E-state index contributed by atoms with van der Waals surface area (Å²) in [6, 6.07) is 0. The molecule has 6 atom stereocenters. The molecular formula is C88H172O17P2. The molecule has 0 aromatic carbocycles. The number of phosphoric ester groups is 2. The van der Waals surface area contributed by atoms with Crippen LogP contribution in [0.15, 0.2) is 0 Å². The highest BCUT2D eigenvalue weighted by Gasteiger charge is 2.31. The fourth-order valence-corrected chi connectivity index (χ4v) is 15.2. The van der Waals surface area contributed by atoms with Gasteiger partial charge in [0.1, 0.15) is 19.3 Å². The predicted octanol–water partition coefficient (Wildman–Crippen LogP) is 26.7. The zero-order chi connectivity index (χ0) is 78.8. The lowest BCUT2D eigenvalue weighted by atomic mass is 9.99. The standard InChI is InChI=1S/C88H172O17P2/c1-9-81(8)67-59-51-43-35-29-23-16-12-10-11-13-17-24-30-36-44-52-60-68-85(90)98-74-83(104-87(92)71-63-55-46-38-32-26-20-19-22-28-34-41-49-57-65-79(4)5)76-102-106(94,95)100-72-82(89)73-101-107(96,97)103-77-84(75-99-86(91)69-61-53-47-39-42-50-58-66-80(6)7)105-88(93)70-62-54-45-37-31-25-18-14-15-21-27-33-40-48-56-64-78(2)3/h78-84,89H,9-77H2,1-8H3,(H,94,95)(H,96,97)/t81?,82?,83-,84-/m1/s1. The Bertz CT molecular complexity index is 2080. The fourth-order valence-electron chi connectivity index (χ4n) is 13.6.